The number of anilines is 1. The number of urea groups is 1. The van der Waals surface area contributed by atoms with E-state index in [0.717, 1.165) is 54.7 Å². The Morgan fingerprint density at radius 1 is 1.15 bits per heavy atom. The molecule has 0 bridgehead atoms. The lowest BCUT2D eigenvalue weighted by Crippen LogP contribution is -2.43. The molecule has 0 aromatic heterocycles. The average Bonchev–Trinajstić information content (AvgIpc) is 3.02. The second kappa shape index (κ2) is 15.9. The second-order valence-corrected chi connectivity index (χ2v) is 12.3. The molecule has 1 saturated heterocycles. The van der Waals surface area contributed by atoms with Gasteiger partial charge in [0.15, 0.2) is 5.17 Å². The van der Waals surface area contributed by atoms with E-state index in [-0.39, 0.29) is 17.6 Å². The van der Waals surface area contributed by atoms with Crippen molar-refractivity contribution in [1.82, 2.24) is 5.32 Å². The molecule has 3 N–H and O–H groups in total. The zero-order valence-electron chi connectivity index (χ0n) is 26.6. The minimum Gasteiger partial charge on any atom is -0.406 e. The van der Waals surface area contributed by atoms with Crippen molar-refractivity contribution in [3.05, 3.63) is 89.0 Å². The Labute approximate surface area is 276 Å². The smallest absolute Gasteiger partial charge is 0.406 e. The van der Waals surface area contributed by atoms with Crippen molar-refractivity contribution in [1.29, 1.82) is 0 Å². The second-order valence-electron chi connectivity index (χ2n) is 11.2. The Hall–Kier alpha value is -4.39. The fraction of sp³-hybridized carbons (Fsp3) is 0.353. The number of rotatable bonds is 10. The van der Waals surface area contributed by atoms with Crippen LogP contribution < -0.4 is 20.7 Å². The molecule has 8 nitrogen and oxygen atoms in total. The zero-order chi connectivity index (χ0) is 34.1. The Kier molecular flexibility index (Phi) is 12.0. The number of nitrogens with one attached hydrogen (secondary N) is 1. The third-order valence-electron chi connectivity index (χ3n) is 7.42. The molecule has 250 valence electrons. The Morgan fingerprint density at radius 2 is 1.85 bits per heavy atom. The molecule has 1 aliphatic heterocycles. The molecule has 0 spiro atoms. The predicted octanol–water partition coefficient (Wildman–Crippen LogP) is 8.41. The minimum atomic E-state index is -4.78. The van der Waals surface area contributed by atoms with Gasteiger partial charge in [-0.05, 0) is 80.6 Å². The van der Waals surface area contributed by atoms with Gasteiger partial charge in [0, 0.05) is 23.0 Å². The molecular weight excluding hydrogens is 632 g/mol. The summed E-state index contributed by atoms with van der Waals surface area (Å²) in [6.45, 7) is 7.88. The number of ether oxygens (including phenoxy) is 1. The van der Waals surface area contributed by atoms with Gasteiger partial charge in [-0.3, -0.25) is 0 Å². The first-order chi connectivity index (χ1) is 22.3. The maximum Gasteiger partial charge on any atom is 0.573 e. The number of thioether (sulfide) groups is 1. The summed E-state index contributed by atoms with van der Waals surface area (Å²) in [5.41, 5.74) is 10.6. The number of benzene rings is 3. The van der Waals surface area contributed by atoms with Gasteiger partial charge < -0.3 is 20.7 Å². The van der Waals surface area contributed by atoms with Gasteiger partial charge in [0.05, 0.1) is 11.7 Å². The highest BCUT2D eigenvalue weighted by atomic mass is 32.2. The first-order valence-electron chi connectivity index (χ1n) is 15.2. The standard InChI is InChI=1S/C34H38F4N6O2S/c1-5-6-24-8-7-21(2)19-29(24)44-22(3)17-18-47-33(44)43-32(45)42-23(4)30(35)25-9-11-26(12-10-25)31(39)41-20-40-27-13-15-28(16-14-27)46-34(36,37)38/h7-16,19-20,22-23,30H,5-6,17-18H2,1-4H3,(H,42,45)(H2,39,40,41). The number of aliphatic imine (C=N–C) groups is 3. The van der Waals surface area contributed by atoms with Crippen LogP contribution in [-0.2, 0) is 6.42 Å². The molecular formula is C34H38F4N6O2S. The van der Waals surface area contributed by atoms with Crippen molar-refractivity contribution in [2.24, 2.45) is 20.7 Å². The lowest BCUT2D eigenvalue weighted by atomic mass is 10.0. The molecule has 0 aliphatic carbocycles. The molecule has 1 aliphatic rings. The van der Waals surface area contributed by atoms with Crippen molar-refractivity contribution in [3.8, 4) is 5.75 Å². The van der Waals surface area contributed by atoms with Crippen LogP contribution in [0.2, 0.25) is 0 Å². The van der Waals surface area contributed by atoms with Gasteiger partial charge >= 0.3 is 12.4 Å². The monoisotopic (exact) mass is 670 g/mol. The van der Waals surface area contributed by atoms with Gasteiger partial charge in [-0.2, -0.15) is 4.99 Å². The summed E-state index contributed by atoms with van der Waals surface area (Å²) < 4.78 is 56.2. The van der Waals surface area contributed by atoms with E-state index in [1.807, 2.05) is 6.92 Å². The molecule has 3 aromatic carbocycles. The van der Waals surface area contributed by atoms with Crippen LogP contribution in [0, 0.1) is 6.92 Å². The van der Waals surface area contributed by atoms with Crippen LogP contribution in [0.3, 0.4) is 0 Å². The molecule has 2 amide bonds. The Bertz CT molecular complexity index is 1610. The lowest BCUT2D eigenvalue weighted by molar-refractivity contribution is -0.274. The average molecular weight is 671 g/mol. The summed E-state index contributed by atoms with van der Waals surface area (Å²) in [6, 6.07) is 16.3. The van der Waals surface area contributed by atoms with E-state index < -0.39 is 24.6 Å². The number of nitrogens with zero attached hydrogens (tertiary/aromatic N) is 4. The highest BCUT2D eigenvalue weighted by Gasteiger charge is 2.31. The third kappa shape index (κ3) is 10.0. The van der Waals surface area contributed by atoms with Gasteiger partial charge in [-0.25, -0.2) is 19.2 Å². The van der Waals surface area contributed by atoms with Crippen molar-refractivity contribution in [2.75, 3.05) is 10.7 Å². The molecule has 0 saturated carbocycles. The number of alkyl halides is 4. The Morgan fingerprint density at radius 3 is 2.51 bits per heavy atom. The quantitative estimate of drug-likeness (QED) is 0.128. The fourth-order valence-electron chi connectivity index (χ4n) is 4.99. The van der Waals surface area contributed by atoms with Gasteiger partial charge in [-0.15, -0.1) is 13.2 Å². The van der Waals surface area contributed by atoms with E-state index >= 15 is 4.39 Å². The van der Waals surface area contributed by atoms with Gasteiger partial charge in [0.25, 0.3) is 0 Å². The molecule has 4 rings (SSSR count). The number of hydrogen-bond acceptors (Lipinski definition) is 4. The first kappa shape index (κ1) is 35.5. The highest BCUT2D eigenvalue weighted by Crippen LogP contribution is 2.33. The number of aryl methyl sites for hydroxylation is 2. The third-order valence-corrected chi connectivity index (χ3v) is 8.41. The molecule has 1 heterocycles. The molecule has 13 heteroatoms. The van der Waals surface area contributed by atoms with Gasteiger partial charge in [0.1, 0.15) is 24.1 Å². The summed E-state index contributed by atoms with van der Waals surface area (Å²) in [5, 5.41) is 3.29. The van der Waals surface area contributed by atoms with Crippen molar-refractivity contribution >= 4 is 46.5 Å². The van der Waals surface area contributed by atoms with Gasteiger partial charge in [0.2, 0.25) is 0 Å². The summed E-state index contributed by atoms with van der Waals surface area (Å²) in [7, 11) is 0. The summed E-state index contributed by atoms with van der Waals surface area (Å²) >= 11 is 1.52. The maximum atomic E-state index is 15.5. The van der Waals surface area contributed by atoms with Crippen molar-refractivity contribution in [3.63, 3.8) is 0 Å². The number of carbonyl (C=O) groups is 1. The van der Waals surface area contributed by atoms with Gasteiger partial charge in [-0.1, -0.05) is 61.5 Å². The van der Waals surface area contributed by atoms with Crippen LogP contribution in [0.25, 0.3) is 0 Å². The number of carbonyl (C=O) groups excluding carboxylic acids is 1. The minimum absolute atomic E-state index is 0.101. The van der Waals surface area contributed by atoms with E-state index in [9.17, 15) is 18.0 Å². The largest absolute Gasteiger partial charge is 0.573 e. The number of amidine groups is 2. The van der Waals surface area contributed by atoms with Crippen molar-refractivity contribution in [2.45, 2.75) is 71.6 Å². The van der Waals surface area contributed by atoms with Crippen LogP contribution in [0.15, 0.2) is 81.7 Å². The predicted molar refractivity (Wildman–Crippen MR) is 182 cm³/mol. The number of hydrogen-bond donors (Lipinski definition) is 2. The highest BCUT2D eigenvalue weighted by molar-refractivity contribution is 8.14. The zero-order valence-corrected chi connectivity index (χ0v) is 27.4. The molecule has 1 fully saturated rings. The van der Waals surface area contributed by atoms with Crippen LogP contribution in [-0.4, -0.2) is 47.6 Å². The van der Waals surface area contributed by atoms with E-state index in [1.165, 1.54) is 29.5 Å². The van der Waals surface area contributed by atoms with Crippen LogP contribution in [0.5, 0.6) is 5.75 Å². The van der Waals surface area contributed by atoms with Crippen molar-refractivity contribution < 1.29 is 27.1 Å². The maximum absolute atomic E-state index is 15.5. The summed E-state index contributed by atoms with van der Waals surface area (Å²) in [5.74, 6) is 0.569. The number of amides is 2. The fourth-order valence-corrected chi connectivity index (χ4v) is 6.20. The van der Waals surface area contributed by atoms with Crippen LogP contribution in [0.4, 0.5) is 33.7 Å². The first-order valence-corrected chi connectivity index (χ1v) is 16.2. The number of halogens is 4. The van der Waals surface area contributed by atoms with Crippen LogP contribution >= 0.6 is 11.8 Å². The van der Waals surface area contributed by atoms with E-state index in [1.54, 1.807) is 31.2 Å². The van der Waals surface area contributed by atoms with E-state index in [0.29, 0.717) is 22.0 Å². The molecule has 3 unspecified atom stereocenters. The molecule has 47 heavy (non-hydrogen) atoms. The van der Waals surface area contributed by atoms with E-state index in [4.69, 9.17) is 5.73 Å². The SMILES string of the molecule is CCCc1ccc(C)cc1N1C(=NC(=O)NC(C)C(F)c2ccc(C(N)=NC=Nc3ccc(OC(F)(F)F)cc3)cc2)SCCC1C. The Balaban J connectivity index is 1.39. The lowest BCUT2D eigenvalue weighted by Gasteiger charge is -2.37. The summed E-state index contributed by atoms with van der Waals surface area (Å²) in [4.78, 5) is 27.6. The molecule has 3 aromatic rings. The number of nitrogens with two attached hydrogens (primary N) is 1. The molecule has 0 radical (unpaired) electrons. The summed E-state index contributed by atoms with van der Waals surface area (Å²) in [6.07, 6.45) is -2.28. The van der Waals surface area contributed by atoms with Crippen LogP contribution in [0.1, 0.15) is 62.0 Å². The topological polar surface area (TPSA) is 105 Å². The van der Waals surface area contributed by atoms with E-state index in [2.05, 4.69) is 62.0 Å². The normalized spacial score (nSPS) is 18.0. The molecule has 3 atom stereocenters.